The number of benzene rings is 2. The van der Waals surface area contributed by atoms with Crippen LogP contribution in [0.15, 0.2) is 53.3 Å². The van der Waals surface area contributed by atoms with Gasteiger partial charge in [0.05, 0.1) is 11.0 Å². The van der Waals surface area contributed by atoms with Crippen molar-refractivity contribution in [2.24, 2.45) is 0 Å². The highest BCUT2D eigenvalue weighted by Gasteiger charge is 2.16. The van der Waals surface area contributed by atoms with Crippen LogP contribution >= 0.6 is 0 Å². The topological polar surface area (TPSA) is 81.8 Å². The molecule has 0 unspecified atom stereocenters. The first-order chi connectivity index (χ1) is 10.2. The van der Waals surface area contributed by atoms with Crippen molar-refractivity contribution in [2.45, 2.75) is 0 Å². The van der Waals surface area contributed by atoms with Gasteiger partial charge in [0.2, 0.25) is 0 Å². The Morgan fingerprint density at radius 2 is 1.62 bits per heavy atom. The van der Waals surface area contributed by atoms with Gasteiger partial charge in [-0.15, -0.1) is 0 Å². The molecule has 21 heavy (non-hydrogen) atoms. The molecule has 102 valence electrons. The van der Waals surface area contributed by atoms with E-state index in [-0.39, 0.29) is 17.0 Å². The number of aromatic amines is 2. The summed E-state index contributed by atoms with van der Waals surface area (Å²) in [6.07, 6.45) is 0. The number of nitrogens with one attached hydrogen (secondary N) is 2. The van der Waals surface area contributed by atoms with Gasteiger partial charge < -0.3 is 15.1 Å². The Kier molecular flexibility index (Phi) is 2.35. The minimum absolute atomic E-state index is 0.0406. The summed E-state index contributed by atoms with van der Waals surface area (Å²) in [6, 6.07) is 14.6. The third kappa shape index (κ3) is 1.71. The molecule has 5 nitrogen and oxygen atoms in total. The van der Waals surface area contributed by atoms with E-state index in [0.717, 1.165) is 5.52 Å². The number of hydrogen-bond donors (Lipinski definition) is 3. The fourth-order valence-electron chi connectivity index (χ4n) is 2.50. The third-order valence-electron chi connectivity index (χ3n) is 3.52. The number of fused-ring (bicyclic) bond motifs is 2. The molecule has 3 N–H and O–H groups in total. The SMILES string of the molecule is O=c1[nH]c2ccccc2nc1-c1[nH]c2ccccc2c1O. The molecule has 2 aromatic carbocycles. The molecule has 0 amide bonds. The van der Waals surface area contributed by atoms with Gasteiger partial charge in [-0.3, -0.25) is 4.79 Å². The van der Waals surface area contributed by atoms with Gasteiger partial charge in [-0.1, -0.05) is 24.3 Å². The summed E-state index contributed by atoms with van der Waals surface area (Å²) < 4.78 is 0. The highest BCUT2D eigenvalue weighted by molar-refractivity contribution is 5.93. The number of nitrogens with zero attached hydrogens (tertiary/aromatic N) is 1. The van der Waals surface area contributed by atoms with Gasteiger partial charge in [0.15, 0.2) is 11.4 Å². The molecule has 0 atom stereocenters. The van der Waals surface area contributed by atoms with Crippen LogP contribution in [0.2, 0.25) is 0 Å². The van der Waals surface area contributed by atoms with Crippen molar-refractivity contribution in [3.8, 4) is 17.1 Å². The molecule has 0 radical (unpaired) electrons. The molecular weight excluding hydrogens is 266 g/mol. The number of aromatic hydroxyl groups is 1. The summed E-state index contributed by atoms with van der Waals surface area (Å²) in [7, 11) is 0. The van der Waals surface area contributed by atoms with Crippen LogP contribution in [0.3, 0.4) is 0 Å². The molecule has 2 aromatic heterocycles. The Labute approximate surface area is 118 Å². The third-order valence-corrected chi connectivity index (χ3v) is 3.52. The largest absolute Gasteiger partial charge is 0.505 e. The molecule has 4 rings (SSSR count). The molecule has 0 bridgehead atoms. The standard InChI is InChI=1S/C16H11N3O2/c20-15-9-5-1-2-6-10(9)17-13(15)14-16(21)19-12-8-4-3-7-11(12)18-14/h1-8,17,20H,(H,19,21). The molecule has 0 fully saturated rings. The van der Waals surface area contributed by atoms with Crippen LogP contribution in [0.1, 0.15) is 0 Å². The molecule has 4 aromatic rings. The predicted molar refractivity (Wildman–Crippen MR) is 81.3 cm³/mol. The van der Waals surface area contributed by atoms with Gasteiger partial charge in [0.1, 0.15) is 5.69 Å². The normalized spacial score (nSPS) is 11.2. The molecule has 0 aliphatic heterocycles. The van der Waals surface area contributed by atoms with Gasteiger partial charge in [0.25, 0.3) is 5.56 Å². The van der Waals surface area contributed by atoms with E-state index in [1.54, 1.807) is 12.1 Å². The number of H-pyrrole nitrogens is 2. The molecule has 2 heterocycles. The van der Waals surface area contributed by atoms with Gasteiger partial charge in [-0.05, 0) is 24.3 Å². The summed E-state index contributed by atoms with van der Waals surface area (Å²) in [5.41, 5.74) is 2.28. The van der Waals surface area contributed by atoms with Gasteiger partial charge in [0, 0.05) is 10.9 Å². The van der Waals surface area contributed by atoms with Crippen molar-refractivity contribution in [2.75, 3.05) is 0 Å². The van der Waals surface area contributed by atoms with E-state index in [4.69, 9.17) is 0 Å². The lowest BCUT2D eigenvalue weighted by Crippen LogP contribution is -2.11. The van der Waals surface area contributed by atoms with Crippen molar-refractivity contribution in [1.82, 2.24) is 15.0 Å². The van der Waals surface area contributed by atoms with Crippen LogP contribution in [0.25, 0.3) is 33.3 Å². The lowest BCUT2D eigenvalue weighted by Gasteiger charge is -2.01. The average molecular weight is 277 g/mol. The minimum Gasteiger partial charge on any atom is -0.505 e. The fourth-order valence-corrected chi connectivity index (χ4v) is 2.50. The van der Waals surface area contributed by atoms with E-state index >= 15 is 0 Å². The van der Waals surface area contributed by atoms with Crippen molar-refractivity contribution in [3.63, 3.8) is 0 Å². The summed E-state index contributed by atoms with van der Waals surface area (Å²) in [5, 5.41) is 11.0. The van der Waals surface area contributed by atoms with Gasteiger partial charge in [-0.2, -0.15) is 0 Å². The van der Waals surface area contributed by atoms with E-state index < -0.39 is 0 Å². The molecule has 0 aliphatic rings. The summed E-state index contributed by atoms with van der Waals surface area (Å²) in [6.45, 7) is 0. The Balaban J connectivity index is 2.06. The maximum atomic E-state index is 12.2. The molecule has 0 spiro atoms. The maximum Gasteiger partial charge on any atom is 0.276 e. The summed E-state index contributed by atoms with van der Waals surface area (Å²) in [5.74, 6) is 0.0406. The van der Waals surface area contributed by atoms with E-state index in [1.165, 1.54) is 0 Å². The molecular formula is C16H11N3O2. The summed E-state index contributed by atoms with van der Waals surface area (Å²) in [4.78, 5) is 22.4. The lowest BCUT2D eigenvalue weighted by molar-refractivity contribution is 0.483. The van der Waals surface area contributed by atoms with Crippen LogP contribution < -0.4 is 5.56 Å². The van der Waals surface area contributed by atoms with E-state index in [9.17, 15) is 9.90 Å². The fraction of sp³-hybridized carbons (Fsp3) is 0. The van der Waals surface area contributed by atoms with E-state index in [0.29, 0.717) is 22.1 Å². The molecule has 0 aliphatic carbocycles. The van der Waals surface area contributed by atoms with Crippen LogP contribution in [0.4, 0.5) is 0 Å². The Morgan fingerprint density at radius 1 is 0.905 bits per heavy atom. The summed E-state index contributed by atoms with van der Waals surface area (Å²) >= 11 is 0. The zero-order valence-corrected chi connectivity index (χ0v) is 10.9. The Bertz CT molecular complexity index is 1030. The van der Waals surface area contributed by atoms with Crippen LogP contribution in [0.5, 0.6) is 5.75 Å². The van der Waals surface area contributed by atoms with Crippen molar-refractivity contribution in [3.05, 3.63) is 58.9 Å². The second-order valence-corrected chi connectivity index (χ2v) is 4.83. The predicted octanol–water partition coefficient (Wildman–Crippen LogP) is 2.78. The number of hydrogen-bond acceptors (Lipinski definition) is 3. The Hall–Kier alpha value is -3.08. The zero-order valence-electron chi connectivity index (χ0n) is 10.9. The zero-order chi connectivity index (χ0) is 14.4. The average Bonchev–Trinajstić information content (AvgIpc) is 2.84. The van der Waals surface area contributed by atoms with Crippen molar-refractivity contribution in [1.29, 1.82) is 0 Å². The Morgan fingerprint density at radius 3 is 2.43 bits per heavy atom. The minimum atomic E-state index is -0.337. The monoisotopic (exact) mass is 277 g/mol. The quantitative estimate of drug-likeness (QED) is 0.500. The highest BCUT2D eigenvalue weighted by Crippen LogP contribution is 2.33. The van der Waals surface area contributed by atoms with Gasteiger partial charge >= 0.3 is 0 Å². The van der Waals surface area contributed by atoms with E-state index in [2.05, 4.69) is 15.0 Å². The molecule has 0 saturated carbocycles. The first-order valence-electron chi connectivity index (χ1n) is 6.53. The van der Waals surface area contributed by atoms with Crippen molar-refractivity contribution >= 4 is 21.9 Å². The maximum absolute atomic E-state index is 12.2. The molecule has 5 heteroatoms. The number of rotatable bonds is 1. The second kappa shape index (κ2) is 4.21. The van der Waals surface area contributed by atoms with Crippen LogP contribution in [-0.2, 0) is 0 Å². The van der Waals surface area contributed by atoms with Crippen LogP contribution in [0, 0.1) is 0 Å². The number of para-hydroxylation sites is 3. The smallest absolute Gasteiger partial charge is 0.276 e. The lowest BCUT2D eigenvalue weighted by atomic mass is 10.2. The highest BCUT2D eigenvalue weighted by atomic mass is 16.3. The first-order valence-corrected chi connectivity index (χ1v) is 6.53. The van der Waals surface area contributed by atoms with Crippen molar-refractivity contribution < 1.29 is 5.11 Å². The van der Waals surface area contributed by atoms with Crippen LogP contribution in [-0.4, -0.2) is 20.1 Å². The first kappa shape index (κ1) is 11.7. The second-order valence-electron chi connectivity index (χ2n) is 4.83. The molecule has 0 saturated heterocycles. The van der Waals surface area contributed by atoms with Gasteiger partial charge in [-0.25, -0.2) is 4.98 Å². The number of aromatic nitrogens is 3. The van der Waals surface area contributed by atoms with E-state index in [1.807, 2.05) is 36.4 Å².